The average Bonchev–Trinajstić information content (AvgIpc) is 3.23. The van der Waals surface area contributed by atoms with Gasteiger partial charge in [-0.05, 0) is 25.2 Å². The molecule has 6 nitrogen and oxygen atoms in total. The molecule has 2 N–H and O–H groups in total. The summed E-state index contributed by atoms with van der Waals surface area (Å²) in [5, 5.41) is 9.79. The number of thiazole rings is 1. The molecule has 0 saturated carbocycles. The Kier molecular flexibility index (Phi) is 8.74. The number of aliphatic imine (C=N–C) groups is 1. The molecular formula is C21H30N4O2S. The van der Waals surface area contributed by atoms with Gasteiger partial charge in [0.25, 0.3) is 0 Å². The topological polar surface area (TPSA) is 67.8 Å². The Bertz CT molecular complexity index is 714. The van der Waals surface area contributed by atoms with Crippen LogP contribution in [0, 0.1) is 5.92 Å². The van der Waals surface area contributed by atoms with Gasteiger partial charge in [0.15, 0.2) is 5.96 Å². The van der Waals surface area contributed by atoms with Crippen LogP contribution in [-0.2, 0) is 16.0 Å². The van der Waals surface area contributed by atoms with Crippen LogP contribution in [0.2, 0.25) is 0 Å². The van der Waals surface area contributed by atoms with E-state index in [4.69, 9.17) is 14.5 Å². The van der Waals surface area contributed by atoms with Gasteiger partial charge in [0.2, 0.25) is 0 Å². The zero-order chi connectivity index (χ0) is 19.4. The van der Waals surface area contributed by atoms with Crippen molar-refractivity contribution in [3.05, 3.63) is 41.4 Å². The van der Waals surface area contributed by atoms with Crippen molar-refractivity contribution in [1.29, 1.82) is 0 Å². The van der Waals surface area contributed by atoms with Gasteiger partial charge >= 0.3 is 0 Å². The second-order valence-corrected chi connectivity index (χ2v) is 7.70. The van der Waals surface area contributed by atoms with E-state index >= 15 is 0 Å². The van der Waals surface area contributed by atoms with Crippen molar-refractivity contribution in [2.45, 2.75) is 25.8 Å². The second-order valence-electron chi connectivity index (χ2n) is 6.85. The van der Waals surface area contributed by atoms with Crippen molar-refractivity contribution in [2.24, 2.45) is 10.9 Å². The SMILES string of the molecule is CN=C(NCCCOCC1CCOCC1)NCc1csc(-c2ccccc2)n1. The first kappa shape index (κ1) is 20.8. The molecule has 0 atom stereocenters. The van der Waals surface area contributed by atoms with Crippen LogP contribution in [0.15, 0.2) is 40.7 Å². The van der Waals surface area contributed by atoms with Crippen LogP contribution < -0.4 is 10.6 Å². The van der Waals surface area contributed by atoms with Gasteiger partial charge in [-0.25, -0.2) is 4.98 Å². The molecule has 3 rings (SSSR count). The molecule has 0 unspecified atom stereocenters. The fraction of sp³-hybridized carbons (Fsp3) is 0.524. The quantitative estimate of drug-likeness (QED) is 0.383. The maximum atomic E-state index is 5.80. The zero-order valence-corrected chi connectivity index (χ0v) is 17.3. The Labute approximate surface area is 171 Å². The maximum absolute atomic E-state index is 5.80. The maximum Gasteiger partial charge on any atom is 0.191 e. The average molecular weight is 403 g/mol. The van der Waals surface area contributed by atoms with E-state index in [1.807, 2.05) is 18.2 Å². The summed E-state index contributed by atoms with van der Waals surface area (Å²) in [6.45, 7) is 4.87. The standard InChI is InChI=1S/C21H30N4O2S/c1-22-21(23-10-5-11-27-15-17-8-12-26-13-9-17)24-14-19-16-28-20(25-19)18-6-3-2-4-7-18/h2-4,6-7,16-17H,5,8-15H2,1H3,(H2,22,23,24). The number of hydrogen-bond acceptors (Lipinski definition) is 5. The largest absolute Gasteiger partial charge is 0.381 e. The predicted molar refractivity (Wildman–Crippen MR) is 115 cm³/mol. The van der Waals surface area contributed by atoms with Crippen molar-refractivity contribution in [3.63, 3.8) is 0 Å². The lowest BCUT2D eigenvalue weighted by molar-refractivity contribution is 0.0203. The number of nitrogens with one attached hydrogen (secondary N) is 2. The third-order valence-electron chi connectivity index (χ3n) is 4.69. The zero-order valence-electron chi connectivity index (χ0n) is 16.5. The number of guanidine groups is 1. The van der Waals surface area contributed by atoms with E-state index in [0.29, 0.717) is 12.5 Å². The molecule has 1 saturated heterocycles. The van der Waals surface area contributed by atoms with Crippen LogP contribution in [0.3, 0.4) is 0 Å². The molecule has 0 radical (unpaired) electrons. The second kappa shape index (κ2) is 11.8. The first-order valence-corrected chi connectivity index (χ1v) is 10.8. The first-order valence-electron chi connectivity index (χ1n) is 9.95. The normalized spacial score (nSPS) is 15.5. The van der Waals surface area contributed by atoms with E-state index in [0.717, 1.165) is 74.5 Å². The third kappa shape index (κ3) is 6.89. The highest BCUT2D eigenvalue weighted by Crippen LogP contribution is 2.23. The summed E-state index contributed by atoms with van der Waals surface area (Å²) in [7, 11) is 1.79. The summed E-state index contributed by atoms with van der Waals surface area (Å²) in [6, 6.07) is 10.3. The summed E-state index contributed by atoms with van der Waals surface area (Å²) in [4.78, 5) is 8.97. The third-order valence-corrected chi connectivity index (χ3v) is 5.63. The van der Waals surface area contributed by atoms with E-state index in [1.165, 1.54) is 0 Å². The lowest BCUT2D eigenvalue weighted by Crippen LogP contribution is -2.37. The van der Waals surface area contributed by atoms with E-state index in [9.17, 15) is 0 Å². The Balaban J connectivity index is 1.30. The van der Waals surface area contributed by atoms with E-state index in [1.54, 1.807) is 18.4 Å². The summed E-state index contributed by atoms with van der Waals surface area (Å²) in [5.74, 6) is 1.45. The molecule has 0 amide bonds. The Hall–Kier alpha value is -1.96. The molecule has 1 fully saturated rings. The van der Waals surface area contributed by atoms with Gasteiger partial charge in [-0.15, -0.1) is 11.3 Å². The summed E-state index contributed by atoms with van der Waals surface area (Å²) in [5.41, 5.74) is 2.17. The van der Waals surface area contributed by atoms with Crippen molar-refractivity contribution in [2.75, 3.05) is 40.0 Å². The molecule has 28 heavy (non-hydrogen) atoms. The van der Waals surface area contributed by atoms with Crippen LogP contribution in [0.25, 0.3) is 10.6 Å². The minimum absolute atomic E-state index is 0.656. The van der Waals surface area contributed by atoms with Crippen LogP contribution in [0.1, 0.15) is 25.0 Å². The van der Waals surface area contributed by atoms with Crippen LogP contribution in [0.5, 0.6) is 0 Å². The lowest BCUT2D eigenvalue weighted by Gasteiger charge is -2.21. The van der Waals surface area contributed by atoms with Gasteiger partial charge in [0.1, 0.15) is 5.01 Å². The minimum Gasteiger partial charge on any atom is -0.381 e. The molecule has 1 aliphatic rings. The molecule has 7 heteroatoms. The van der Waals surface area contributed by atoms with Gasteiger partial charge in [0.05, 0.1) is 12.2 Å². The number of rotatable bonds is 9. The number of ether oxygens (including phenoxy) is 2. The van der Waals surface area contributed by atoms with Crippen molar-refractivity contribution in [1.82, 2.24) is 15.6 Å². The Morgan fingerprint density at radius 1 is 1.25 bits per heavy atom. The monoisotopic (exact) mass is 402 g/mol. The van der Waals surface area contributed by atoms with Crippen LogP contribution in [-0.4, -0.2) is 51.0 Å². The molecule has 0 bridgehead atoms. The highest BCUT2D eigenvalue weighted by Gasteiger charge is 2.13. The van der Waals surface area contributed by atoms with E-state index in [2.05, 4.69) is 33.1 Å². The highest BCUT2D eigenvalue weighted by molar-refractivity contribution is 7.13. The smallest absolute Gasteiger partial charge is 0.191 e. The fourth-order valence-electron chi connectivity index (χ4n) is 3.04. The van der Waals surface area contributed by atoms with Crippen molar-refractivity contribution in [3.8, 4) is 10.6 Å². The van der Waals surface area contributed by atoms with Gasteiger partial charge < -0.3 is 20.1 Å². The van der Waals surface area contributed by atoms with Gasteiger partial charge in [-0.1, -0.05) is 30.3 Å². The summed E-state index contributed by atoms with van der Waals surface area (Å²) < 4.78 is 11.2. The van der Waals surface area contributed by atoms with Gasteiger partial charge in [-0.3, -0.25) is 4.99 Å². The predicted octanol–water partition coefficient (Wildman–Crippen LogP) is 3.31. The highest BCUT2D eigenvalue weighted by atomic mass is 32.1. The van der Waals surface area contributed by atoms with Crippen molar-refractivity contribution >= 4 is 17.3 Å². The van der Waals surface area contributed by atoms with E-state index < -0.39 is 0 Å². The van der Waals surface area contributed by atoms with Gasteiger partial charge in [0, 0.05) is 51.0 Å². The number of nitrogens with zero attached hydrogens (tertiary/aromatic N) is 2. The van der Waals surface area contributed by atoms with Crippen molar-refractivity contribution < 1.29 is 9.47 Å². The lowest BCUT2D eigenvalue weighted by atomic mass is 10.0. The molecule has 1 aromatic heterocycles. The molecule has 152 valence electrons. The molecule has 1 aliphatic heterocycles. The molecular weight excluding hydrogens is 372 g/mol. The van der Waals surface area contributed by atoms with Crippen LogP contribution in [0.4, 0.5) is 0 Å². The molecule has 2 heterocycles. The van der Waals surface area contributed by atoms with Crippen LogP contribution >= 0.6 is 11.3 Å². The number of benzene rings is 1. The first-order chi connectivity index (χ1) is 13.8. The molecule has 0 aliphatic carbocycles. The Morgan fingerprint density at radius 2 is 2.07 bits per heavy atom. The van der Waals surface area contributed by atoms with Gasteiger partial charge in [-0.2, -0.15) is 0 Å². The summed E-state index contributed by atoms with van der Waals surface area (Å²) in [6.07, 6.45) is 3.20. The molecule has 2 aromatic rings. The minimum atomic E-state index is 0.656. The number of hydrogen-bond donors (Lipinski definition) is 2. The fourth-order valence-corrected chi connectivity index (χ4v) is 3.87. The number of aromatic nitrogens is 1. The summed E-state index contributed by atoms with van der Waals surface area (Å²) >= 11 is 1.66. The van der Waals surface area contributed by atoms with E-state index in [-0.39, 0.29) is 0 Å². The Morgan fingerprint density at radius 3 is 2.86 bits per heavy atom. The molecule has 0 spiro atoms. The molecule has 1 aromatic carbocycles.